The van der Waals surface area contributed by atoms with Crippen LogP contribution in [0.3, 0.4) is 0 Å². The highest BCUT2D eigenvalue weighted by Gasteiger charge is 2.35. The van der Waals surface area contributed by atoms with E-state index in [0.29, 0.717) is 23.7 Å². The molecular weight excluding hydrogens is 252 g/mol. The van der Waals surface area contributed by atoms with Crippen LogP contribution in [0.15, 0.2) is 17.2 Å². The van der Waals surface area contributed by atoms with Crippen molar-refractivity contribution in [2.45, 2.75) is 39.3 Å². The van der Waals surface area contributed by atoms with E-state index in [9.17, 15) is 4.79 Å². The molecule has 0 spiro atoms. The highest BCUT2D eigenvalue weighted by atomic mass is 16.1. The van der Waals surface area contributed by atoms with Gasteiger partial charge >= 0.3 is 0 Å². The standard InChI is InChI=1S/C15H24N4O/c1-11(2)8-18-7-6-17-14(15(18)20)19-9-12-4-3-5-16-13(12)10-19/h6-7,11-13,16H,3-5,8-10H2,1-2H3/t12-,13+/m0/s1. The molecular formula is C15H24N4O. The molecule has 0 saturated carbocycles. The first-order valence-electron chi connectivity index (χ1n) is 7.69. The molecule has 1 aromatic heterocycles. The van der Waals surface area contributed by atoms with E-state index < -0.39 is 0 Å². The second kappa shape index (κ2) is 5.56. The minimum atomic E-state index is 0.0554. The number of nitrogens with one attached hydrogen (secondary N) is 1. The summed E-state index contributed by atoms with van der Waals surface area (Å²) in [6, 6.07) is 0.531. The van der Waals surface area contributed by atoms with Gasteiger partial charge in [-0.1, -0.05) is 13.8 Å². The van der Waals surface area contributed by atoms with Gasteiger partial charge in [-0.15, -0.1) is 0 Å². The minimum absolute atomic E-state index is 0.0554. The lowest BCUT2D eigenvalue weighted by Gasteiger charge is -2.24. The number of rotatable bonds is 3. The summed E-state index contributed by atoms with van der Waals surface area (Å²) >= 11 is 0. The third-order valence-corrected chi connectivity index (χ3v) is 4.36. The van der Waals surface area contributed by atoms with Crippen LogP contribution in [0.4, 0.5) is 5.82 Å². The predicted molar refractivity (Wildman–Crippen MR) is 80.1 cm³/mol. The number of aromatic nitrogens is 2. The molecule has 2 fully saturated rings. The number of nitrogens with zero attached hydrogens (tertiary/aromatic N) is 3. The topological polar surface area (TPSA) is 50.2 Å². The fourth-order valence-corrected chi connectivity index (χ4v) is 3.41. The van der Waals surface area contributed by atoms with E-state index in [0.717, 1.165) is 26.2 Å². The highest BCUT2D eigenvalue weighted by molar-refractivity contribution is 5.38. The van der Waals surface area contributed by atoms with Crippen molar-refractivity contribution in [2.24, 2.45) is 11.8 Å². The largest absolute Gasteiger partial charge is 0.350 e. The number of anilines is 1. The zero-order valence-electron chi connectivity index (χ0n) is 12.4. The molecule has 0 bridgehead atoms. The summed E-state index contributed by atoms with van der Waals surface area (Å²) < 4.78 is 1.79. The maximum Gasteiger partial charge on any atom is 0.293 e. The predicted octanol–water partition coefficient (Wildman–Crippen LogP) is 1.09. The van der Waals surface area contributed by atoms with E-state index in [1.165, 1.54) is 12.8 Å². The molecule has 0 aliphatic carbocycles. The van der Waals surface area contributed by atoms with Gasteiger partial charge in [-0.3, -0.25) is 4.79 Å². The maximum absolute atomic E-state index is 12.5. The third kappa shape index (κ3) is 2.59. The molecule has 110 valence electrons. The van der Waals surface area contributed by atoms with E-state index in [4.69, 9.17) is 0 Å². The lowest BCUT2D eigenvalue weighted by Crippen LogP contribution is -2.41. The third-order valence-electron chi connectivity index (χ3n) is 4.36. The van der Waals surface area contributed by atoms with Crippen molar-refractivity contribution in [3.05, 3.63) is 22.7 Å². The Morgan fingerprint density at radius 3 is 3.05 bits per heavy atom. The van der Waals surface area contributed by atoms with E-state index in [1.54, 1.807) is 17.0 Å². The normalized spacial score (nSPS) is 26.1. The second-order valence-electron chi connectivity index (χ2n) is 6.47. The van der Waals surface area contributed by atoms with E-state index in [2.05, 4.69) is 29.0 Å². The van der Waals surface area contributed by atoms with Crippen LogP contribution in [-0.4, -0.2) is 35.2 Å². The van der Waals surface area contributed by atoms with Crippen LogP contribution >= 0.6 is 0 Å². The Kier molecular flexibility index (Phi) is 3.78. The molecule has 5 heteroatoms. The monoisotopic (exact) mass is 276 g/mol. The molecule has 3 rings (SSSR count). The molecule has 2 saturated heterocycles. The Labute approximate surface area is 120 Å². The van der Waals surface area contributed by atoms with Crippen LogP contribution < -0.4 is 15.8 Å². The van der Waals surface area contributed by atoms with Crippen LogP contribution in [0.25, 0.3) is 0 Å². The Hall–Kier alpha value is -1.36. The molecule has 0 radical (unpaired) electrons. The summed E-state index contributed by atoms with van der Waals surface area (Å²) in [6.45, 7) is 7.99. The molecule has 0 aromatic carbocycles. The summed E-state index contributed by atoms with van der Waals surface area (Å²) in [7, 11) is 0. The van der Waals surface area contributed by atoms with Gasteiger partial charge < -0.3 is 14.8 Å². The Morgan fingerprint density at radius 2 is 2.30 bits per heavy atom. The minimum Gasteiger partial charge on any atom is -0.350 e. The van der Waals surface area contributed by atoms with Crippen molar-refractivity contribution in [3.63, 3.8) is 0 Å². The Morgan fingerprint density at radius 1 is 1.45 bits per heavy atom. The summed E-state index contributed by atoms with van der Waals surface area (Å²) in [5.41, 5.74) is 0.0554. The molecule has 1 aromatic rings. The highest BCUT2D eigenvalue weighted by Crippen LogP contribution is 2.26. The number of hydrogen-bond acceptors (Lipinski definition) is 4. The molecule has 1 N–H and O–H groups in total. The van der Waals surface area contributed by atoms with Gasteiger partial charge in [-0.2, -0.15) is 0 Å². The Balaban J connectivity index is 1.82. The summed E-state index contributed by atoms with van der Waals surface area (Å²) in [6.07, 6.45) is 6.07. The molecule has 0 amide bonds. The van der Waals surface area contributed by atoms with Crippen molar-refractivity contribution >= 4 is 5.82 Å². The quantitative estimate of drug-likeness (QED) is 0.898. The summed E-state index contributed by atoms with van der Waals surface area (Å²) in [5, 5.41) is 3.57. The van der Waals surface area contributed by atoms with Gasteiger partial charge in [0.2, 0.25) is 0 Å². The lowest BCUT2D eigenvalue weighted by atomic mass is 9.94. The number of hydrogen-bond donors (Lipinski definition) is 1. The van der Waals surface area contributed by atoms with Crippen LogP contribution in [0.5, 0.6) is 0 Å². The van der Waals surface area contributed by atoms with Gasteiger partial charge in [0.15, 0.2) is 5.82 Å². The van der Waals surface area contributed by atoms with Gasteiger partial charge in [0.25, 0.3) is 5.56 Å². The zero-order valence-corrected chi connectivity index (χ0v) is 12.4. The van der Waals surface area contributed by atoms with Crippen molar-refractivity contribution in [1.82, 2.24) is 14.9 Å². The fourth-order valence-electron chi connectivity index (χ4n) is 3.41. The first-order chi connectivity index (χ1) is 9.65. The maximum atomic E-state index is 12.5. The van der Waals surface area contributed by atoms with Crippen molar-refractivity contribution in [2.75, 3.05) is 24.5 Å². The molecule has 2 aliphatic heterocycles. The van der Waals surface area contributed by atoms with Crippen LogP contribution in [0, 0.1) is 11.8 Å². The molecule has 20 heavy (non-hydrogen) atoms. The number of fused-ring (bicyclic) bond motifs is 1. The van der Waals surface area contributed by atoms with Crippen molar-refractivity contribution in [1.29, 1.82) is 0 Å². The van der Waals surface area contributed by atoms with Gasteiger partial charge in [-0.05, 0) is 31.2 Å². The zero-order chi connectivity index (χ0) is 14.1. The van der Waals surface area contributed by atoms with Gasteiger partial charge in [0.05, 0.1) is 0 Å². The van der Waals surface area contributed by atoms with Crippen LogP contribution in [0.2, 0.25) is 0 Å². The Bertz CT molecular complexity index is 511. The molecule has 3 heterocycles. The van der Waals surface area contributed by atoms with Crippen LogP contribution in [-0.2, 0) is 6.54 Å². The van der Waals surface area contributed by atoms with E-state index in [-0.39, 0.29) is 5.56 Å². The molecule has 0 unspecified atom stereocenters. The second-order valence-corrected chi connectivity index (χ2v) is 6.47. The SMILES string of the molecule is CC(C)Cn1ccnc(N2C[C@@H]3CCCN[C@@H]3C2)c1=O. The van der Waals surface area contributed by atoms with E-state index in [1.807, 2.05) is 0 Å². The first-order valence-corrected chi connectivity index (χ1v) is 7.69. The average molecular weight is 276 g/mol. The summed E-state index contributed by atoms with van der Waals surface area (Å²) in [4.78, 5) is 19.1. The smallest absolute Gasteiger partial charge is 0.293 e. The summed E-state index contributed by atoms with van der Waals surface area (Å²) in [5.74, 6) is 1.76. The molecule has 5 nitrogen and oxygen atoms in total. The van der Waals surface area contributed by atoms with E-state index >= 15 is 0 Å². The first kappa shape index (κ1) is 13.6. The van der Waals surface area contributed by atoms with Crippen molar-refractivity contribution in [3.8, 4) is 0 Å². The molecule has 2 atom stereocenters. The van der Waals surface area contributed by atoms with Gasteiger partial charge in [-0.25, -0.2) is 4.98 Å². The fraction of sp³-hybridized carbons (Fsp3) is 0.733. The average Bonchev–Trinajstić information content (AvgIpc) is 2.84. The lowest BCUT2D eigenvalue weighted by molar-refractivity contribution is 0.340. The number of piperidine rings is 1. The molecule has 2 aliphatic rings. The van der Waals surface area contributed by atoms with Gasteiger partial charge in [0.1, 0.15) is 0 Å². The van der Waals surface area contributed by atoms with Gasteiger partial charge in [0, 0.05) is 38.1 Å². The van der Waals surface area contributed by atoms with Crippen molar-refractivity contribution < 1.29 is 0 Å². The van der Waals surface area contributed by atoms with Crippen LogP contribution in [0.1, 0.15) is 26.7 Å².